The Morgan fingerprint density at radius 2 is 1.81 bits per heavy atom. The second-order valence-corrected chi connectivity index (χ2v) is 10.1. The zero-order valence-corrected chi connectivity index (χ0v) is 19.3. The molecule has 2 aromatic rings. The van der Waals surface area contributed by atoms with Crippen LogP contribution in [0.2, 0.25) is 0 Å². The molecule has 4 rings (SSSR count). The van der Waals surface area contributed by atoms with Crippen molar-refractivity contribution >= 4 is 10.8 Å². The molecule has 0 spiro atoms. The molecule has 0 aliphatic heterocycles. The minimum absolute atomic E-state index is 0.184. The quantitative estimate of drug-likeness (QED) is 0.389. The van der Waals surface area contributed by atoms with Crippen LogP contribution < -0.4 is 0 Å². The van der Waals surface area contributed by atoms with Crippen LogP contribution in [0.4, 0.5) is 8.78 Å². The Hall–Kier alpha value is -1.70. The number of halogens is 2. The van der Waals surface area contributed by atoms with Crippen LogP contribution in [0.1, 0.15) is 95.1 Å². The lowest BCUT2D eigenvalue weighted by Crippen LogP contribution is -2.30. The molecule has 0 nitrogen and oxygen atoms in total. The fourth-order valence-corrected chi connectivity index (χ4v) is 6.31. The van der Waals surface area contributed by atoms with Gasteiger partial charge in [-0.15, -0.1) is 0 Å². The van der Waals surface area contributed by atoms with Gasteiger partial charge in [0.2, 0.25) is 0 Å². The van der Waals surface area contributed by atoms with E-state index in [0.29, 0.717) is 17.4 Å². The van der Waals surface area contributed by atoms with Crippen LogP contribution >= 0.6 is 0 Å². The Balaban J connectivity index is 1.49. The predicted molar refractivity (Wildman–Crippen MR) is 127 cm³/mol. The normalized spacial score (nSPS) is 26.5. The summed E-state index contributed by atoms with van der Waals surface area (Å²) in [7, 11) is 0. The van der Waals surface area contributed by atoms with E-state index in [1.54, 1.807) is 0 Å². The number of hydrogen-bond donors (Lipinski definition) is 0. The van der Waals surface area contributed by atoms with Gasteiger partial charge in [-0.2, -0.15) is 0 Å². The zero-order chi connectivity index (χ0) is 21.8. The SMILES string of the molecule is C/C=C/CCc1cc2ccc([C@@H]3CC[C@@H]4CC(CCCC)CCC4C3)c(F)c2cc1F. The van der Waals surface area contributed by atoms with Crippen molar-refractivity contribution in [1.82, 2.24) is 0 Å². The van der Waals surface area contributed by atoms with Gasteiger partial charge in [0.15, 0.2) is 0 Å². The van der Waals surface area contributed by atoms with E-state index in [9.17, 15) is 4.39 Å². The molecule has 0 radical (unpaired) electrons. The minimum atomic E-state index is -0.276. The van der Waals surface area contributed by atoms with Crippen molar-refractivity contribution in [2.75, 3.05) is 0 Å². The molecule has 0 amide bonds. The maximum Gasteiger partial charge on any atom is 0.134 e. The van der Waals surface area contributed by atoms with Crippen molar-refractivity contribution in [3.8, 4) is 0 Å². The fraction of sp³-hybridized carbons (Fsp3) is 0.586. The lowest BCUT2D eigenvalue weighted by molar-refractivity contribution is 0.113. The highest BCUT2D eigenvalue weighted by Gasteiger charge is 2.36. The number of rotatable bonds is 7. The molecule has 0 bridgehead atoms. The average Bonchev–Trinajstić information content (AvgIpc) is 2.78. The monoisotopic (exact) mass is 424 g/mol. The third-order valence-corrected chi connectivity index (χ3v) is 8.09. The second-order valence-electron chi connectivity index (χ2n) is 10.1. The van der Waals surface area contributed by atoms with E-state index in [0.717, 1.165) is 48.0 Å². The molecule has 2 aliphatic carbocycles. The summed E-state index contributed by atoms with van der Waals surface area (Å²) in [4.78, 5) is 0. The van der Waals surface area contributed by atoms with Crippen LogP contribution in [-0.4, -0.2) is 0 Å². The van der Waals surface area contributed by atoms with Crippen molar-refractivity contribution in [2.45, 2.75) is 90.4 Å². The molecule has 2 heteroatoms. The fourth-order valence-electron chi connectivity index (χ4n) is 6.31. The van der Waals surface area contributed by atoms with E-state index in [2.05, 4.69) is 6.92 Å². The average molecular weight is 425 g/mol. The van der Waals surface area contributed by atoms with E-state index < -0.39 is 0 Å². The molecule has 168 valence electrons. The summed E-state index contributed by atoms with van der Waals surface area (Å²) in [6.45, 7) is 4.25. The smallest absolute Gasteiger partial charge is 0.134 e. The maximum atomic E-state index is 15.5. The first kappa shape index (κ1) is 22.5. The molecule has 2 aromatic carbocycles. The summed E-state index contributed by atoms with van der Waals surface area (Å²) in [5.41, 5.74) is 1.50. The van der Waals surface area contributed by atoms with Crippen molar-refractivity contribution < 1.29 is 8.78 Å². The van der Waals surface area contributed by atoms with Gasteiger partial charge in [-0.05, 0) is 104 Å². The molecule has 4 atom stereocenters. The van der Waals surface area contributed by atoms with Gasteiger partial charge in [-0.1, -0.05) is 56.9 Å². The summed E-state index contributed by atoms with van der Waals surface area (Å²) < 4.78 is 30.2. The summed E-state index contributed by atoms with van der Waals surface area (Å²) in [5, 5.41) is 1.28. The molecular weight excluding hydrogens is 386 g/mol. The zero-order valence-electron chi connectivity index (χ0n) is 19.3. The van der Waals surface area contributed by atoms with Crippen molar-refractivity contribution in [1.29, 1.82) is 0 Å². The van der Waals surface area contributed by atoms with Crippen LogP contribution in [0.5, 0.6) is 0 Å². The lowest BCUT2D eigenvalue weighted by atomic mass is 9.63. The lowest BCUT2D eigenvalue weighted by Gasteiger charge is -2.42. The van der Waals surface area contributed by atoms with Crippen molar-refractivity contribution in [2.24, 2.45) is 17.8 Å². The van der Waals surface area contributed by atoms with E-state index in [-0.39, 0.29) is 17.6 Å². The van der Waals surface area contributed by atoms with Gasteiger partial charge < -0.3 is 0 Å². The van der Waals surface area contributed by atoms with Crippen LogP contribution in [0.25, 0.3) is 10.8 Å². The number of benzene rings is 2. The van der Waals surface area contributed by atoms with Crippen molar-refractivity contribution in [3.63, 3.8) is 0 Å². The number of allylic oxidation sites excluding steroid dienone is 2. The summed E-state index contributed by atoms with van der Waals surface area (Å²) in [5.74, 6) is 2.33. The molecule has 31 heavy (non-hydrogen) atoms. The highest BCUT2D eigenvalue weighted by molar-refractivity contribution is 5.85. The number of unbranched alkanes of at least 4 members (excludes halogenated alkanes) is 1. The van der Waals surface area contributed by atoms with Gasteiger partial charge in [0.05, 0.1) is 0 Å². The Kier molecular flexibility index (Phi) is 7.46. The number of fused-ring (bicyclic) bond motifs is 2. The summed E-state index contributed by atoms with van der Waals surface area (Å²) >= 11 is 0. The van der Waals surface area contributed by atoms with Gasteiger partial charge in [-0.3, -0.25) is 0 Å². The van der Waals surface area contributed by atoms with Crippen molar-refractivity contribution in [3.05, 3.63) is 59.2 Å². The van der Waals surface area contributed by atoms with Crippen LogP contribution in [0, 0.1) is 29.4 Å². The highest BCUT2D eigenvalue weighted by atomic mass is 19.1. The van der Waals surface area contributed by atoms with Gasteiger partial charge >= 0.3 is 0 Å². The van der Waals surface area contributed by atoms with E-state index in [4.69, 9.17) is 0 Å². The van der Waals surface area contributed by atoms with Gasteiger partial charge in [0, 0.05) is 5.39 Å². The van der Waals surface area contributed by atoms with Gasteiger partial charge in [0.1, 0.15) is 11.6 Å². The standard InChI is InChI=1S/C29H38F2/c1-3-5-7-9-25-18-24-14-15-26(29(31)27(24)19-28(25)30)23-13-12-21-16-20(8-6-4-2)10-11-22(21)17-23/h3,5,14-15,18-23H,4,6-13,16-17H2,1-2H3/b5-3+/t20?,21-,22?,23-/m1/s1. The number of hydrogen-bond acceptors (Lipinski definition) is 0. The molecule has 0 N–H and O–H groups in total. The predicted octanol–water partition coefficient (Wildman–Crippen LogP) is 9.12. The molecule has 0 heterocycles. The van der Waals surface area contributed by atoms with E-state index in [1.807, 2.05) is 37.3 Å². The first-order valence-electron chi connectivity index (χ1n) is 12.6. The third kappa shape index (κ3) is 5.04. The number of aryl methyl sites for hydroxylation is 1. The molecule has 2 fully saturated rings. The molecule has 2 saturated carbocycles. The van der Waals surface area contributed by atoms with E-state index in [1.165, 1.54) is 51.0 Å². The highest BCUT2D eigenvalue weighted by Crippen LogP contribution is 2.49. The topological polar surface area (TPSA) is 0 Å². The third-order valence-electron chi connectivity index (χ3n) is 8.09. The van der Waals surface area contributed by atoms with Crippen LogP contribution in [0.3, 0.4) is 0 Å². The van der Waals surface area contributed by atoms with Crippen LogP contribution in [-0.2, 0) is 6.42 Å². The molecule has 0 saturated heterocycles. The summed E-state index contributed by atoms with van der Waals surface area (Å²) in [6.07, 6.45) is 17.0. The minimum Gasteiger partial charge on any atom is -0.207 e. The Morgan fingerprint density at radius 3 is 2.61 bits per heavy atom. The Bertz CT molecular complexity index is 913. The molecule has 0 aromatic heterocycles. The molecule has 2 aliphatic rings. The first-order chi connectivity index (χ1) is 15.1. The Morgan fingerprint density at radius 1 is 1.00 bits per heavy atom. The van der Waals surface area contributed by atoms with E-state index >= 15 is 4.39 Å². The largest absolute Gasteiger partial charge is 0.207 e. The molecule has 2 unspecified atom stereocenters. The second kappa shape index (κ2) is 10.3. The van der Waals surface area contributed by atoms with Gasteiger partial charge in [-0.25, -0.2) is 8.78 Å². The van der Waals surface area contributed by atoms with Crippen LogP contribution in [0.15, 0.2) is 36.4 Å². The maximum absolute atomic E-state index is 15.5. The first-order valence-corrected chi connectivity index (χ1v) is 12.6. The molecular formula is C29H38F2. The summed E-state index contributed by atoms with van der Waals surface area (Å²) in [6, 6.07) is 7.28. The van der Waals surface area contributed by atoms with Gasteiger partial charge in [0.25, 0.3) is 0 Å². The Labute approximate surface area is 187 Å².